The van der Waals surface area contributed by atoms with E-state index in [1.807, 2.05) is 0 Å². The number of methoxy groups -OCH3 is 1. The maximum atomic E-state index is 10.6. The minimum absolute atomic E-state index is 0.325. The van der Waals surface area contributed by atoms with Crippen LogP contribution in [0.3, 0.4) is 0 Å². The fourth-order valence-corrected chi connectivity index (χ4v) is 0.839. The number of halogens is 1. The lowest BCUT2D eigenvalue weighted by Crippen LogP contribution is -2.03. The van der Waals surface area contributed by atoms with E-state index < -0.39 is 0 Å². The number of alkyl halides is 1. The van der Waals surface area contributed by atoms with Gasteiger partial charge in [0.1, 0.15) is 0 Å². The molecule has 0 atom stereocenters. The van der Waals surface area contributed by atoms with Crippen molar-refractivity contribution in [2.45, 2.75) is 6.42 Å². The van der Waals surface area contributed by atoms with Gasteiger partial charge in [0.15, 0.2) is 0 Å². The summed E-state index contributed by atoms with van der Waals surface area (Å²) in [4.78, 5) is 10.6. The maximum Gasteiger partial charge on any atom is 0.333 e. The van der Waals surface area contributed by atoms with Crippen LogP contribution in [0.5, 0.6) is 0 Å². The molecule has 9 heavy (non-hydrogen) atoms. The number of rotatable bonds is 3. The first-order valence-corrected chi connectivity index (χ1v) is 3.66. The van der Waals surface area contributed by atoms with Gasteiger partial charge in [0.25, 0.3) is 0 Å². The number of hydrogen-bond acceptors (Lipinski definition) is 2. The largest absolute Gasteiger partial charge is 0.466 e. The van der Waals surface area contributed by atoms with Gasteiger partial charge in [-0.15, -0.1) is 0 Å². The van der Waals surface area contributed by atoms with Gasteiger partial charge in [0.2, 0.25) is 0 Å². The van der Waals surface area contributed by atoms with Gasteiger partial charge in [-0.3, -0.25) is 0 Å². The molecule has 0 radical (unpaired) electrons. The van der Waals surface area contributed by atoms with Gasteiger partial charge >= 0.3 is 5.97 Å². The van der Waals surface area contributed by atoms with Crippen LogP contribution in [0.4, 0.5) is 0 Å². The predicted molar refractivity (Wildman–Crippen MR) is 39.6 cm³/mol. The molecule has 0 aromatic rings. The minimum atomic E-state index is -0.325. The molecule has 0 rings (SSSR count). The fourth-order valence-electron chi connectivity index (χ4n) is 0.360. The highest BCUT2D eigenvalue weighted by molar-refractivity contribution is 9.09. The van der Waals surface area contributed by atoms with Crippen LogP contribution in [0.25, 0.3) is 0 Å². The first kappa shape index (κ1) is 8.69. The van der Waals surface area contributed by atoms with Crippen molar-refractivity contribution in [2.75, 3.05) is 12.4 Å². The Morgan fingerprint density at radius 3 is 2.67 bits per heavy atom. The highest BCUT2D eigenvalue weighted by Gasteiger charge is 2.03. The van der Waals surface area contributed by atoms with Crippen molar-refractivity contribution in [3.05, 3.63) is 12.2 Å². The average Bonchev–Trinajstić information content (AvgIpc) is 1.87. The third-order valence-electron chi connectivity index (χ3n) is 0.870. The van der Waals surface area contributed by atoms with Crippen LogP contribution in [0.2, 0.25) is 0 Å². The molecule has 0 saturated heterocycles. The van der Waals surface area contributed by atoms with Crippen LogP contribution in [-0.4, -0.2) is 18.4 Å². The van der Waals surface area contributed by atoms with Crippen molar-refractivity contribution in [1.82, 2.24) is 0 Å². The number of hydrogen-bond donors (Lipinski definition) is 0. The van der Waals surface area contributed by atoms with E-state index in [1.54, 1.807) is 0 Å². The molecule has 0 unspecified atom stereocenters. The lowest BCUT2D eigenvalue weighted by molar-refractivity contribution is -0.136. The van der Waals surface area contributed by atoms with Gasteiger partial charge in [0.05, 0.1) is 7.11 Å². The molecule has 3 heteroatoms. The zero-order valence-electron chi connectivity index (χ0n) is 5.32. The predicted octanol–water partition coefficient (Wildman–Crippen LogP) is 1.50. The number of esters is 1. The van der Waals surface area contributed by atoms with E-state index in [2.05, 4.69) is 27.2 Å². The first-order valence-electron chi connectivity index (χ1n) is 2.54. The Kier molecular flexibility index (Phi) is 4.40. The highest BCUT2D eigenvalue weighted by Crippen LogP contribution is 2.01. The van der Waals surface area contributed by atoms with Gasteiger partial charge in [-0.05, 0) is 6.42 Å². The average molecular weight is 193 g/mol. The van der Waals surface area contributed by atoms with E-state index in [-0.39, 0.29) is 5.97 Å². The van der Waals surface area contributed by atoms with Crippen LogP contribution < -0.4 is 0 Å². The number of carbonyl (C=O) groups is 1. The molecule has 0 saturated carbocycles. The van der Waals surface area contributed by atoms with Gasteiger partial charge in [-0.1, -0.05) is 22.5 Å². The topological polar surface area (TPSA) is 26.3 Å². The standard InChI is InChI=1S/C6H9BrO2/c1-5(3-4-7)6(8)9-2/h1,3-4H2,2H3. The Bertz CT molecular complexity index is 120. The summed E-state index contributed by atoms with van der Waals surface area (Å²) in [5, 5.41) is 0.751. The van der Waals surface area contributed by atoms with Crippen molar-refractivity contribution in [1.29, 1.82) is 0 Å². The molecule has 0 bridgehead atoms. The number of carbonyl (C=O) groups excluding carboxylic acids is 1. The zero-order valence-corrected chi connectivity index (χ0v) is 6.90. The molecule has 0 aliphatic carbocycles. The van der Waals surface area contributed by atoms with E-state index >= 15 is 0 Å². The molecular weight excluding hydrogens is 184 g/mol. The Balaban J connectivity index is 3.60. The Morgan fingerprint density at radius 2 is 2.33 bits per heavy atom. The van der Waals surface area contributed by atoms with Crippen molar-refractivity contribution >= 4 is 21.9 Å². The van der Waals surface area contributed by atoms with E-state index in [4.69, 9.17) is 0 Å². The quantitative estimate of drug-likeness (QED) is 0.385. The molecule has 0 heterocycles. The lowest BCUT2D eigenvalue weighted by Gasteiger charge is -1.98. The van der Waals surface area contributed by atoms with Crippen LogP contribution in [-0.2, 0) is 9.53 Å². The molecular formula is C6H9BrO2. The molecule has 0 aliphatic rings. The third kappa shape index (κ3) is 3.30. The summed E-state index contributed by atoms with van der Waals surface area (Å²) >= 11 is 3.18. The van der Waals surface area contributed by atoms with Crippen molar-refractivity contribution in [3.63, 3.8) is 0 Å². The third-order valence-corrected chi connectivity index (χ3v) is 1.27. The normalized spacial score (nSPS) is 8.67. The van der Waals surface area contributed by atoms with Crippen molar-refractivity contribution < 1.29 is 9.53 Å². The van der Waals surface area contributed by atoms with Gasteiger partial charge in [0, 0.05) is 10.9 Å². The molecule has 2 nitrogen and oxygen atoms in total. The van der Waals surface area contributed by atoms with Gasteiger partial charge in [-0.25, -0.2) is 4.79 Å². The summed E-state index contributed by atoms with van der Waals surface area (Å²) in [7, 11) is 1.35. The summed E-state index contributed by atoms with van der Waals surface area (Å²) in [6, 6.07) is 0. The second-order valence-electron chi connectivity index (χ2n) is 1.53. The zero-order chi connectivity index (χ0) is 7.28. The van der Waals surface area contributed by atoms with Crippen LogP contribution in [0, 0.1) is 0 Å². The fraction of sp³-hybridized carbons (Fsp3) is 0.500. The van der Waals surface area contributed by atoms with Crippen molar-refractivity contribution in [3.8, 4) is 0 Å². The Morgan fingerprint density at radius 1 is 1.78 bits per heavy atom. The summed E-state index contributed by atoms with van der Waals surface area (Å²) < 4.78 is 4.41. The summed E-state index contributed by atoms with van der Waals surface area (Å²) in [5.74, 6) is -0.325. The van der Waals surface area contributed by atoms with Crippen molar-refractivity contribution in [2.24, 2.45) is 0 Å². The summed E-state index contributed by atoms with van der Waals surface area (Å²) in [5.41, 5.74) is 0.509. The first-order chi connectivity index (χ1) is 4.22. The Hall–Kier alpha value is -0.310. The summed E-state index contributed by atoms with van der Waals surface area (Å²) in [6.45, 7) is 3.51. The van der Waals surface area contributed by atoms with Crippen LogP contribution in [0.1, 0.15) is 6.42 Å². The smallest absolute Gasteiger partial charge is 0.333 e. The van der Waals surface area contributed by atoms with Crippen LogP contribution >= 0.6 is 15.9 Å². The Labute approximate surface area is 63.0 Å². The van der Waals surface area contributed by atoms with Gasteiger partial charge < -0.3 is 4.74 Å². The lowest BCUT2D eigenvalue weighted by atomic mass is 10.2. The second kappa shape index (κ2) is 4.56. The monoisotopic (exact) mass is 192 g/mol. The SMILES string of the molecule is C=C(CCBr)C(=O)OC. The van der Waals surface area contributed by atoms with E-state index in [1.165, 1.54) is 7.11 Å². The summed E-state index contributed by atoms with van der Waals surface area (Å²) in [6.07, 6.45) is 0.646. The molecule has 0 aliphatic heterocycles. The number of ether oxygens (including phenoxy) is 1. The van der Waals surface area contributed by atoms with Crippen LogP contribution in [0.15, 0.2) is 12.2 Å². The molecule has 0 aromatic carbocycles. The molecule has 0 spiro atoms. The maximum absolute atomic E-state index is 10.6. The molecule has 0 aromatic heterocycles. The van der Waals surface area contributed by atoms with Gasteiger partial charge in [-0.2, -0.15) is 0 Å². The minimum Gasteiger partial charge on any atom is -0.466 e. The molecule has 52 valence electrons. The highest BCUT2D eigenvalue weighted by atomic mass is 79.9. The molecule has 0 fully saturated rings. The molecule has 0 N–H and O–H groups in total. The molecule has 0 amide bonds. The second-order valence-corrected chi connectivity index (χ2v) is 2.33. The van der Waals surface area contributed by atoms with E-state index in [9.17, 15) is 4.79 Å². The van der Waals surface area contributed by atoms with E-state index in [0.29, 0.717) is 12.0 Å². The van der Waals surface area contributed by atoms with E-state index in [0.717, 1.165) is 5.33 Å².